The number of carbonyl (C=O) groups excluding carboxylic acids is 1. The van der Waals surface area contributed by atoms with Crippen LogP contribution in [-0.2, 0) is 4.74 Å². The van der Waals surface area contributed by atoms with Crippen molar-refractivity contribution >= 4 is 17.0 Å². The molecule has 0 radical (unpaired) electrons. The van der Waals surface area contributed by atoms with Crippen LogP contribution in [0.5, 0.6) is 0 Å². The fourth-order valence-corrected chi connectivity index (χ4v) is 1.77. The number of hydrogen-bond donors (Lipinski definition) is 0. The number of hydrogen-bond acceptors (Lipinski definition) is 4. The Kier molecular flexibility index (Phi) is 3.55. The first kappa shape index (κ1) is 12.5. The first-order valence-corrected chi connectivity index (χ1v) is 6.07. The predicted octanol–water partition coefficient (Wildman–Crippen LogP) is 2.93. The molecule has 94 valence electrons. The maximum Gasteiger partial charge on any atom is 0.358 e. The van der Waals surface area contributed by atoms with Gasteiger partial charge in [0.1, 0.15) is 0 Å². The number of aromatic nitrogens is 2. The van der Waals surface area contributed by atoms with Gasteiger partial charge in [-0.1, -0.05) is 26.0 Å². The first-order valence-electron chi connectivity index (χ1n) is 6.07. The molecule has 18 heavy (non-hydrogen) atoms. The summed E-state index contributed by atoms with van der Waals surface area (Å²) in [7, 11) is 0. The standard InChI is InChI=1S/C14H16N2O2/c1-4-18-14(17)13-12(9(2)3)15-10-7-5-6-8-11(10)16-13/h5-9H,4H2,1-3H3. The Hall–Kier alpha value is -1.97. The van der Waals surface area contributed by atoms with Gasteiger partial charge in [0.25, 0.3) is 0 Å². The predicted molar refractivity (Wildman–Crippen MR) is 69.6 cm³/mol. The lowest BCUT2D eigenvalue weighted by Crippen LogP contribution is -2.13. The Morgan fingerprint density at radius 2 is 1.83 bits per heavy atom. The number of esters is 1. The lowest BCUT2D eigenvalue weighted by Gasteiger charge is -2.11. The summed E-state index contributed by atoms with van der Waals surface area (Å²) < 4.78 is 5.03. The van der Waals surface area contributed by atoms with Gasteiger partial charge in [-0.3, -0.25) is 0 Å². The smallest absolute Gasteiger partial charge is 0.358 e. The second-order valence-electron chi connectivity index (χ2n) is 4.32. The Balaban J connectivity index is 2.61. The topological polar surface area (TPSA) is 52.1 Å². The molecule has 0 aliphatic carbocycles. The van der Waals surface area contributed by atoms with Gasteiger partial charge in [0.15, 0.2) is 5.69 Å². The highest BCUT2D eigenvalue weighted by molar-refractivity contribution is 5.91. The molecule has 0 aliphatic rings. The number of carbonyl (C=O) groups is 1. The van der Waals surface area contributed by atoms with Crippen LogP contribution in [0.4, 0.5) is 0 Å². The van der Waals surface area contributed by atoms with Crippen LogP contribution in [-0.4, -0.2) is 22.5 Å². The summed E-state index contributed by atoms with van der Waals surface area (Å²) in [4.78, 5) is 20.8. The highest BCUT2D eigenvalue weighted by atomic mass is 16.5. The lowest BCUT2D eigenvalue weighted by molar-refractivity contribution is 0.0517. The first-order chi connectivity index (χ1) is 8.63. The number of ether oxygens (including phenoxy) is 1. The molecule has 4 heteroatoms. The summed E-state index contributed by atoms with van der Waals surface area (Å²) >= 11 is 0. The summed E-state index contributed by atoms with van der Waals surface area (Å²) in [6.45, 7) is 6.09. The minimum Gasteiger partial charge on any atom is -0.461 e. The van der Waals surface area contributed by atoms with Gasteiger partial charge in [-0.25, -0.2) is 14.8 Å². The van der Waals surface area contributed by atoms with E-state index >= 15 is 0 Å². The molecule has 1 aromatic heterocycles. The van der Waals surface area contributed by atoms with E-state index < -0.39 is 5.97 Å². The van der Waals surface area contributed by atoms with Crippen molar-refractivity contribution in [1.82, 2.24) is 9.97 Å². The van der Waals surface area contributed by atoms with E-state index in [0.29, 0.717) is 23.5 Å². The quantitative estimate of drug-likeness (QED) is 0.779. The third kappa shape index (κ3) is 2.32. The van der Waals surface area contributed by atoms with E-state index in [0.717, 1.165) is 5.52 Å². The molecule has 4 nitrogen and oxygen atoms in total. The molecule has 1 aromatic carbocycles. The number of para-hydroxylation sites is 2. The summed E-state index contributed by atoms with van der Waals surface area (Å²) in [5, 5.41) is 0. The maximum absolute atomic E-state index is 11.9. The van der Waals surface area contributed by atoms with Crippen molar-refractivity contribution in [2.75, 3.05) is 6.61 Å². The van der Waals surface area contributed by atoms with Crippen LogP contribution in [0.1, 0.15) is 42.9 Å². The molecule has 0 spiro atoms. The molecule has 2 rings (SSSR count). The highest BCUT2D eigenvalue weighted by Crippen LogP contribution is 2.20. The minimum atomic E-state index is -0.403. The van der Waals surface area contributed by atoms with E-state index in [-0.39, 0.29) is 5.92 Å². The van der Waals surface area contributed by atoms with Crippen molar-refractivity contribution in [2.45, 2.75) is 26.7 Å². The molecule has 0 fully saturated rings. The summed E-state index contributed by atoms with van der Waals surface area (Å²) in [5.41, 5.74) is 2.52. The average molecular weight is 244 g/mol. The fraction of sp³-hybridized carbons (Fsp3) is 0.357. The van der Waals surface area contributed by atoms with Crippen molar-refractivity contribution in [3.8, 4) is 0 Å². The van der Waals surface area contributed by atoms with Crippen LogP contribution >= 0.6 is 0 Å². The largest absolute Gasteiger partial charge is 0.461 e. The molecule has 0 atom stereocenters. The summed E-state index contributed by atoms with van der Waals surface area (Å²) in [6, 6.07) is 7.52. The number of rotatable bonds is 3. The molecule has 0 aliphatic heterocycles. The minimum absolute atomic E-state index is 0.126. The van der Waals surface area contributed by atoms with E-state index in [2.05, 4.69) is 9.97 Å². The average Bonchev–Trinajstić information content (AvgIpc) is 2.37. The number of nitrogens with zero attached hydrogens (tertiary/aromatic N) is 2. The molecule has 0 bridgehead atoms. The summed E-state index contributed by atoms with van der Waals surface area (Å²) in [5.74, 6) is -0.277. The Bertz CT molecular complexity index is 579. The van der Waals surface area contributed by atoms with Gasteiger partial charge in [0, 0.05) is 0 Å². The van der Waals surface area contributed by atoms with Crippen LogP contribution < -0.4 is 0 Å². The maximum atomic E-state index is 11.9. The van der Waals surface area contributed by atoms with E-state index in [1.54, 1.807) is 6.92 Å². The van der Waals surface area contributed by atoms with Crippen LogP contribution in [0.25, 0.3) is 11.0 Å². The third-order valence-corrected chi connectivity index (χ3v) is 2.61. The van der Waals surface area contributed by atoms with Gasteiger partial charge < -0.3 is 4.74 Å². The van der Waals surface area contributed by atoms with E-state index in [1.165, 1.54) is 0 Å². The molecule has 1 heterocycles. The molecule has 0 N–H and O–H groups in total. The van der Waals surface area contributed by atoms with E-state index in [1.807, 2.05) is 38.1 Å². The van der Waals surface area contributed by atoms with Crippen molar-refractivity contribution in [1.29, 1.82) is 0 Å². The van der Waals surface area contributed by atoms with Crippen LogP contribution in [0.2, 0.25) is 0 Å². The Morgan fingerprint density at radius 1 is 1.22 bits per heavy atom. The Morgan fingerprint density at radius 3 is 2.39 bits per heavy atom. The van der Waals surface area contributed by atoms with Crippen LogP contribution in [0, 0.1) is 0 Å². The molecular weight excluding hydrogens is 228 g/mol. The lowest BCUT2D eigenvalue weighted by atomic mass is 10.1. The van der Waals surface area contributed by atoms with E-state index in [4.69, 9.17) is 4.74 Å². The highest BCUT2D eigenvalue weighted by Gasteiger charge is 2.19. The van der Waals surface area contributed by atoms with Gasteiger partial charge in [-0.05, 0) is 25.0 Å². The van der Waals surface area contributed by atoms with Gasteiger partial charge in [0.05, 0.1) is 23.3 Å². The van der Waals surface area contributed by atoms with Crippen molar-refractivity contribution in [3.63, 3.8) is 0 Å². The normalized spacial score (nSPS) is 10.9. The zero-order valence-corrected chi connectivity index (χ0v) is 10.8. The van der Waals surface area contributed by atoms with Crippen molar-refractivity contribution < 1.29 is 9.53 Å². The Labute approximate surface area is 106 Å². The second-order valence-corrected chi connectivity index (χ2v) is 4.32. The zero-order chi connectivity index (χ0) is 13.1. The third-order valence-electron chi connectivity index (χ3n) is 2.61. The van der Waals surface area contributed by atoms with E-state index in [9.17, 15) is 4.79 Å². The fourth-order valence-electron chi connectivity index (χ4n) is 1.77. The van der Waals surface area contributed by atoms with Gasteiger partial charge >= 0.3 is 5.97 Å². The zero-order valence-electron chi connectivity index (χ0n) is 10.8. The van der Waals surface area contributed by atoms with Gasteiger partial charge in [-0.2, -0.15) is 0 Å². The van der Waals surface area contributed by atoms with Crippen molar-refractivity contribution in [3.05, 3.63) is 35.7 Å². The number of benzene rings is 1. The van der Waals surface area contributed by atoms with Crippen LogP contribution in [0.3, 0.4) is 0 Å². The molecule has 0 saturated carbocycles. The van der Waals surface area contributed by atoms with Gasteiger partial charge in [-0.15, -0.1) is 0 Å². The molecule has 0 amide bonds. The van der Waals surface area contributed by atoms with Crippen LogP contribution in [0.15, 0.2) is 24.3 Å². The second kappa shape index (κ2) is 5.12. The monoisotopic (exact) mass is 244 g/mol. The van der Waals surface area contributed by atoms with Gasteiger partial charge in [0.2, 0.25) is 0 Å². The van der Waals surface area contributed by atoms with Crippen molar-refractivity contribution in [2.24, 2.45) is 0 Å². The number of fused-ring (bicyclic) bond motifs is 1. The molecule has 2 aromatic rings. The summed E-state index contributed by atoms with van der Waals surface area (Å²) in [6.07, 6.45) is 0. The molecule has 0 saturated heterocycles. The molecular formula is C14H16N2O2. The SMILES string of the molecule is CCOC(=O)c1nc2ccccc2nc1C(C)C. The molecule has 0 unspecified atom stereocenters.